The molecule has 0 aromatic heterocycles. The Morgan fingerprint density at radius 2 is 1.40 bits per heavy atom. The third kappa shape index (κ3) is 12.4. The molecule has 0 bridgehead atoms. The van der Waals surface area contributed by atoms with Crippen LogP contribution in [-0.2, 0) is 0 Å². The average Bonchev–Trinajstić information content (AvgIpc) is 2.10. The summed E-state index contributed by atoms with van der Waals surface area (Å²) in [6.45, 7) is 2.27. The van der Waals surface area contributed by atoms with E-state index in [1.807, 2.05) is 0 Å². The lowest BCUT2D eigenvalue weighted by Crippen LogP contribution is -2.17. The van der Waals surface area contributed by atoms with Gasteiger partial charge in [0.15, 0.2) is 0 Å². The molecule has 0 nitrogen and oxygen atoms in total. The van der Waals surface area contributed by atoms with Crippen molar-refractivity contribution in [1.82, 2.24) is 0 Å². The van der Waals surface area contributed by atoms with Gasteiger partial charge in [-0.25, -0.2) is 0 Å². The van der Waals surface area contributed by atoms with Gasteiger partial charge in [0.1, 0.15) is 0 Å². The Bertz CT molecular complexity index is 131. The Morgan fingerprint density at radius 1 is 0.867 bits per heavy atom. The lowest BCUT2D eigenvalue weighted by Gasteiger charge is -2.16. The van der Waals surface area contributed by atoms with Crippen molar-refractivity contribution in [3.8, 4) is 0 Å². The fourth-order valence-electron chi connectivity index (χ4n) is 1.70. The van der Waals surface area contributed by atoms with E-state index < -0.39 is 8.80 Å². The molecule has 0 saturated carbocycles. The highest BCUT2D eigenvalue weighted by Gasteiger charge is 2.16. The standard InChI is InChI=1S/C10H20Br4Si/c1-2-3-4-5-6-15(7-9(11)12)8-10(13)14/h9-10,15H,2-8H2,1H3. The SMILES string of the molecule is CCCCCC[SiH](CC(Br)Br)CC(Br)Br. The third-order valence-corrected chi connectivity index (χ3v) is 10.2. The van der Waals surface area contributed by atoms with Gasteiger partial charge in [0.2, 0.25) is 0 Å². The molecule has 92 valence electrons. The molecule has 0 N–H and O–H groups in total. The largest absolute Gasteiger partial charge is 0.0768 e. The molecule has 0 aliphatic heterocycles. The molecule has 0 fully saturated rings. The highest BCUT2D eigenvalue weighted by molar-refractivity contribution is 9.25. The van der Waals surface area contributed by atoms with Gasteiger partial charge in [0.25, 0.3) is 0 Å². The fraction of sp³-hybridized carbons (Fsp3) is 1.00. The third-order valence-electron chi connectivity index (χ3n) is 2.49. The van der Waals surface area contributed by atoms with Crippen LogP contribution in [0.4, 0.5) is 0 Å². The van der Waals surface area contributed by atoms with E-state index in [2.05, 4.69) is 70.6 Å². The number of halogens is 4. The zero-order valence-electron chi connectivity index (χ0n) is 9.19. The summed E-state index contributed by atoms with van der Waals surface area (Å²) in [5, 5.41) is 0. The predicted molar refractivity (Wildman–Crippen MR) is 89.0 cm³/mol. The molecule has 5 heteroatoms. The maximum atomic E-state index is 3.61. The van der Waals surface area contributed by atoms with Gasteiger partial charge in [-0.2, -0.15) is 0 Å². The summed E-state index contributed by atoms with van der Waals surface area (Å²) in [5.41, 5.74) is 0. The van der Waals surface area contributed by atoms with Gasteiger partial charge in [-0.1, -0.05) is 102 Å². The lowest BCUT2D eigenvalue weighted by molar-refractivity contribution is 0.697. The summed E-state index contributed by atoms with van der Waals surface area (Å²) in [7, 11) is -0.580. The Hall–Kier alpha value is 2.14. The first-order valence-corrected chi connectivity index (χ1v) is 11.7. The molecule has 0 unspecified atom stereocenters. The summed E-state index contributed by atoms with van der Waals surface area (Å²) < 4.78 is 1.04. The van der Waals surface area contributed by atoms with Crippen LogP contribution in [0, 0.1) is 0 Å². The van der Waals surface area contributed by atoms with Crippen LogP contribution >= 0.6 is 63.7 Å². The zero-order valence-corrected chi connectivity index (χ0v) is 16.7. The monoisotopic (exact) mass is 484 g/mol. The van der Waals surface area contributed by atoms with E-state index >= 15 is 0 Å². The van der Waals surface area contributed by atoms with E-state index in [0.717, 1.165) is 0 Å². The minimum absolute atomic E-state index is 0.520. The minimum atomic E-state index is -0.580. The van der Waals surface area contributed by atoms with Crippen LogP contribution in [-0.4, -0.2) is 16.3 Å². The van der Waals surface area contributed by atoms with Crippen LogP contribution in [0.2, 0.25) is 18.1 Å². The number of unbranched alkanes of at least 4 members (excludes halogenated alkanes) is 3. The summed E-state index contributed by atoms with van der Waals surface area (Å²) in [6.07, 6.45) is 5.60. The highest BCUT2D eigenvalue weighted by atomic mass is 79.9. The first-order valence-electron chi connectivity index (χ1n) is 5.62. The quantitative estimate of drug-likeness (QED) is 0.212. The number of alkyl halides is 4. The van der Waals surface area contributed by atoms with Crippen molar-refractivity contribution in [2.45, 2.75) is 58.2 Å². The van der Waals surface area contributed by atoms with E-state index in [-0.39, 0.29) is 0 Å². The molecule has 0 spiro atoms. The highest BCUT2D eigenvalue weighted by Crippen LogP contribution is 2.26. The Labute approximate surface area is 129 Å². The molecule has 0 atom stereocenters. The second-order valence-electron chi connectivity index (χ2n) is 3.97. The second-order valence-corrected chi connectivity index (χ2v) is 14.1. The number of hydrogen-bond donors (Lipinski definition) is 0. The maximum Gasteiger partial charge on any atom is 0.0672 e. The van der Waals surface area contributed by atoms with Crippen molar-refractivity contribution in [2.24, 2.45) is 0 Å². The molecular formula is C10H20Br4Si. The Morgan fingerprint density at radius 3 is 1.80 bits per heavy atom. The van der Waals surface area contributed by atoms with Crippen molar-refractivity contribution in [3.63, 3.8) is 0 Å². The summed E-state index contributed by atoms with van der Waals surface area (Å²) in [6, 6.07) is 4.18. The summed E-state index contributed by atoms with van der Waals surface area (Å²) in [5.74, 6) is 0. The summed E-state index contributed by atoms with van der Waals surface area (Å²) >= 11 is 14.4. The Kier molecular flexibility index (Phi) is 12.8. The number of hydrogen-bond acceptors (Lipinski definition) is 0. The molecule has 0 radical (unpaired) electrons. The van der Waals surface area contributed by atoms with Crippen LogP contribution in [0.5, 0.6) is 0 Å². The Balaban J connectivity index is 3.69. The maximum absolute atomic E-state index is 3.61. The van der Waals surface area contributed by atoms with E-state index in [4.69, 9.17) is 0 Å². The van der Waals surface area contributed by atoms with E-state index in [0.29, 0.717) is 7.47 Å². The molecule has 0 aliphatic rings. The van der Waals surface area contributed by atoms with Crippen LogP contribution < -0.4 is 0 Å². The first-order chi connectivity index (χ1) is 7.06. The fourth-order valence-corrected chi connectivity index (χ4v) is 10.6. The first kappa shape index (κ1) is 17.1. The molecule has 0 saturated heterocycles. The van der Waals surface area contributed by atoms with Gasteiger partial charge in [-0.05, 0) is 12.1 Å². The van der Waals surface area contributed by atoms with Gasteiger partial charge in [0.05, 0.1) is 7.47 Å². The predicted octanol–water partition coefficient (Wildman–Crippen LogP) is 6.03. The van der Waals surface area contributed by atoms with Crippen LogP contribution in [0.3, 0.4) is 0 Å². The zero-order chi connectivity index (χ0) is 11.7. The van der Waals surface area contributed by atoms with E-state index in [1.54, 1.807) is 0 Å². The van der Waals surface area contributed by atoms with Gasteiger partial charge < -0.3 is 0 Å². The van der Waals surface area contributed by atoms with E-state index in [9.17, 15) is 0 Å². The minimum Gasteiger partial charge on any atom is -0.0768 e. The molecule has 0 aromatic rings. The molecule has 0 aromatic carbocycles. The van der Waals surface area contributed by atoms with Crippen molar-refractivity contribution < 1.29 is 0 Å². The smallest absolute Gasteiger partial charge is 0.0672 e. The van der Waals surface area contributed by atoms with Gasteiger partial charge >= 0.3 is 0 Å². The normalized spacial score (nSPS) is 12.0. The van der Waals surface area contributed by atoms with E-state index in [1.165, 1.54) is 43.8 Å². The van der Waals surface area contributed by atoms with Crippen LogP contribution in [0.1, 0.15) is 32.6 Å². The molecule has 0 amide bonds. The van der Waals surface area contributed by atoms with Crippen molar-refractivity contribution in [1.29, 1.82) is 0 Å². The molecule has 0 aliphatic carbocycles. The average molecular weight is 488 g/mol. The number of rotatable bonds is 9. The van der Waals surface area contributed by atoms with Crippen LogP contribution in [0.15, 0.2) is 0 Å². The summed E-state index contributed by atoms with van der Waals surface area (Å²) in [4.78, 5) is 0. The van der Waals surface area contributed by atoms with Crippen molar-refractivity contribution in [3.05, 3.63) is 0 Å². The molecule has 0 rings (SSSR count). The van der Waals surface area contributed by atoms with Crippen molar-refractivity contribution >= 4 is 72.5 Å². The molecule has 15 heavy (non-hydrogen) atoms. The van der Waals surface area contributed by atoms with Crippen LogP contribution in [0.25, 0.3) is 0 Å². The molecule has 0 heterocycles. The van der Waals surface area contributed by atoms with Gasteiger partial charge in [-0.3, -0.25) is 0 Å². The lowest BCUT2D eigenvalue weighted by atomic mass is 10.2. The molecular weight excluding hydrogens is 468 g/mol. The topological polar surface area (TPSA) is 0 Å². The van der Waals surface area contributed by atoms with Gasteiger partial charge in [0, 0.05) is 8.80 Å². The van der Waals surface area contributed by atoms with Crippen molar-refractivity contribution in [2.75, 3.05) is 0 Å². The van der Waals surface area contributed by atoms with Gasteiger partial charge in [-0.15, -0.1) is 0 Å². The second kappa shape index (κ2) is 11.2.